The van der Waals surface area contributed by atoms with Gasteiger partial charge in [0.05, 0.1) is 6.04 Å². The van der Waals surface area contributed by atoms with Gasteiger partial charge >= 0.3 is 0 Å². The topological polar surface area (TPSA) is 80.1 Å². The van der Waals surface area contributed by atoms with E-state index in [1.54, 1.807) is 6.33 Å². The third kappa shape index (κ3) is 4.65. The first-order chi connectivity index (χ1) is 12.6. The molecule has 138 valence electrons. The molecule has 1 aliphatic rings. The number of amides is 2. The number of rotatable bonds is 6. The summed E-state index contributed by atoms with van der Waals surface area (Å²) in [7, 11) is 0. The summed E-state index contributed by atoms with van der Waals surface area (Å²) in [6, 6.07) is 5.68. The molecular weight excluding hydrogens is 337 g/mol. The number of hydrogen-bond acceptors (Lipinski definition) is 4. The molecule has 1 N–H and O–H groups in total. The predicted molar refractivity (Wildman–Crippen MR) is 92.8 cm³/mol. The number of aromatic nitrogens is 3. The molecule has 1 fully saturated rings. The number of benzene rings is 1. The van der Waals surface area contributed by atoms with Crippen LogP contribution in [0.1, 0.15) is 42.1 Å². The number of likely N-dealkylation sites (tertiary alicyclic amines) is 1. The van der Waals surface area contributed by atoms with Crippen molar-refractivity contribution in [3.8, 4) is 0 Å². The third-order valence-corrected chi connectivity index (χ3v) is 4.59. The molecule has 0 radical (unpaired) electrons. The van der Waals surface area contributed by atoms with E-state index in [1.807, 2.05) is 9.58 Å². The van der Waals surface area contributed by atoms with E-state index in [-0.39, 0.29) is 17.6 Å². The summed E-state index contributed by atoms with van der Waals surface area (Å²) in [4.78, 5) is 30.0. The number of nitrogens with zero attached hydrogens (tertiary/aromatic N) is 4. The average molecular weight is 359 g/mol. The van der Waals surface area contributed by atoms with E-state index in [0.717, 1.165) is 12.8 Å². The average Bonchev–Trinajstić information content (AvgIpc) is 3.20. The van der Waals surface area contributed by atoms with Gasteiger partial charge in [-0.05, 0) is 43.5 Å². The molecule has 2 heterocycles. The first-order valence-electron chi connectivity index (χ1n) is 8.79. The fourth-order valence-corrected chi connectivity index (χ4v) is 3.09. The lowest BCUT2D eigenvalue weighted by molar-refractivity contribution is -0.132. The van der Waals surface area contributed by atoms with Crippen molar-refractivity contribution in [2.45, 2.75) is 31.7 Å². The molecule has 7 nitrogen and oxygen atoms in total. The van der Waals surface area contributed by atoms with Crippen LogP contribution in [0.4, 0.5) is 4.39 Å². The summed E-state index contributed by atoms with van der Waals surface area (Å²) < 4.78 is 14.7. The molecule has 0 bridgehead atoms. The normalized spacial score (nSPS) is 15.0. The molecule has 0 saturated carbocycles. The maximum absolute atomic E-state index is 12.8. The van der Waals surface area contributed by atoms with Gasteiger partial charge in [0.15, 0.2) is 0 Å². The van der Waals surface area contributed by atoms with Crippen LogP contribution < -0.4 is 5.32 Å². The second-order valence-corrected chi connectivity index (χ2v) is 6.35. The van der Waals surface area contributed by atoms with Gasteiger partial charge in [-0.25, -0.2) is 14.1 Å². The van der Waals surface area contributed by atoms with Gasteiger partial charge in [-0.2, -0.15) is 5.10 Å². The summed E-state index contributed by atoms with van der Waals surface area (Å²) in [6.45, 7) is 1.84. The van der Waals surface area contributed by atoms with Gasteiger partial charge in [0.25, 0.3) is 5.91 Å². The van der Waals surface area contributed by atoms with Crippen molar-refractivity contribution >= 4 is 11.8 Å². The standard InChI is InChI=1S/C18H22FN5O2/c19-15-5-3-14(4-6-15)18(26)21-9-1-2-17(25)23-10-7-16(8-11-23)24-13-20-12-22-24/h3-6,12-13,16H,1-2,7-11H2,(H,21,26). The van der Waals surface area contributed by atoms with Crippen LogP contribution in [0.25, 0.3) is 0 Å². The van der Waals surface area contributed by atoms with Crippen LogP contribution in [0, 0.1) is 5.82 Å². The van der Waals surface area contributed by atoms with Crippen LogP contribution >= 0.6 is 0 Å². The van der Waals surface area contributed by atoms with Crippen molar-refractivity contribution < 1.29 is 14.0 Å². The van der Waals surface area contributed by atoms with Gasteiger partial charge in [-0.15, -0.1) is 0 Å². The molecule has 1 aromatic heterocycles. The Labute approximate surface area is 151 Å². The molecule has 1 aliphatic heterocycles. The second-order valence-electron chi connectivity index (χ2n) is 6.35. The third-order valence-electron chi connectivity index (χ3n) is 4.59. The highest BCUT2D eigenvalue weighted by Gasteiger charge is 2.23. The van der Waals surface area contributed by atoms with E-state index in [0.29, 0.717) is 44.1 Å². The van der Waals surface area contributed by atoms with Gasteiger partial charge in [0.2, 0.25) is 5.91 Å². The molecule has 26 heavy (non-hydrogen) atoms. The number of nitrogens with one attached hydrogen (secondary N) is 1. The van der Waals surface area contributed by atoms with Crippen molar-refractivity contribution in [3.63, 3.8) is 0 Å². The maximum atomic E-state index is 12.8. The summed E-state index contributed by atoms with van der Waals surface area (Å²) in [5, 5.41) is 6.91. The van der Waals surface area contributed by atoms with Crippen molar-refractivity contribution in [1.82, 2.24) is 25.0 Å². The molecule has 2 aromatic rings. The zero-order chi connectivity index (χ0) is 18.4. The lowest BCUT2D eigenvalue weighted by atomic mass is 10.0. The van der Waals surface area contributed by atoms with Crippen molar-refractivity contribution in [2.75, 3.05) is 19.6 Å². The van der Waals surface area contributed by atoms with E-state index >= 15 is 0 Å². The van der Waals surface area contributed by atoms with E-state index in [4.69, 9.17) is 0 Å². The highest BCUT2D eigenvalue weighted by molar-refractivity contribution is 5.94. The van der Waals surface area contributed by atoms with Gasteiger partial charge in [-0.1, -0.05) is 0 Å². The number of piperidine rings is 1. The monoisotopic (exact) mass is 359 g/mol. The lowest BCUT2D eigenvalue weighted by Gasteiger charge is -2.32. The summed E-state index contributed by atoms with van der Waals surface area (Å²) in [6.07, 6.45) is 5.96. The van der Waals surface area contributed by atoms with Crippen LogP contribution in [0.2, 0.25) is 0 Å². The highest BCUT2D eigenvalue weighted by Crippen LogP contribution is 2.21. The van der Waals surface area contributed by atoms with Crippen LogP contribution in [0.15, 0.2) is 36.9 Å². The molecule has 0 atom stereocenters. The molecule has 0 unspecified atom stereocenters. The molecule has 8 heteroatoms. The largest absolute Gasteiger partial charge is 0.352 e. The fraction of sp³-hybridized carbons (Fsp3) is 0.444. The molecule has 1 aromatic carbocycles. The van der Waals surface area contributed by atoms with E-state index in [9.17, 15) is 14.0 Å². The summed E-state index contributed by atoms with van der Waals surface area (Å²) in [5.74, 6) is -0.524. The molecule has 3 rings (SSSR count). The molecule has 1 saturated heterocycles. The Bertz CT molecular complexity index is 725. The van der Waals surface area contributed by atoms with Gasteiger partial charge in [0.1, 0.15) is 18.5 Å². The van der Waals surface area contributed by atoms with Gasteiger partial charge in [-0.3, -0.25) is 9.59 Å². The molecule has 0 aliphatic carbocycles. The SMILES string of the molecule is O=C(NCCCC(=O)N1CCC(n2cncn2)CC1)c1ccc(F)cc1. The lowest BCUT2D eigenvalue weighted by Crippen LogP contribution is -2.39. The minimum atomic E-state index is -0.375. The van der Waals surface area contributed by atoms with Crippen LogP contribution in [0.3, 0.4) is 0 Å². The van der Waals surface area contributed by atoms with Crippen LogP contribution in [0.5, 0.6) is 0 Å². The predicted octanol–water partition coefficient (Wildman–Crippen LogP) is 1.79. The number of carbonyl (C=O) groups excluding carboxylic acids is 2. The molecule has 2 amide bonds. The first kappa shape index (κ1) is 18.0. The molecular formula is C18H22FN5O2. The summed E-state index contributed by atoms with van der Waals surface area (Å²) >= 11 is 0. The zero-order valence-corrected chi connectivity index (χ0v) is 14.5. The smallest absolute Gasteiger partial charge is 0.251 e. The maximum Gasteiger partial charge on any atom is 0.251 e. The Hall–Kier alpha value is -2.77. The van der Waals surface area contributed by atoms with E-state index in [1.165, 1.54) is 30.6 Å². The Kier molecular flexibility index (Phi) is 5.93. The van der Waals surface area contributed by atoms with Crippen LogP contribution in [-0.4, -0.2) is 51.1 Å². The number of carbonyl (C=O) groups is 2. The zero-order valence-electron chi connectivity index (χ0n) is 14.5. The minimum Gasteiger partial charge on any atom is -0.352 e. The van der Waals surface area contributed by atoms with Crippen molar-refractivity contribution in [1.29, 1.82) is 0 Å². The highest BCUT2D eigenvalue weighted by atomic mass is 19.1. The number of hydrogen-bond donors (Lipinski definition) is 1. The van der Waals surface area contributed by atoms with Crippen LogP contribution in [-0.2, 0) is 4.79 Å². The van der Waals surface area contributed by atoms with E-state index < -0.39 is 0 Å². The van der Waals surface area contributed by atoms with Gasteiger partial charge in [0, 0.05) is 31.6 Å². The second kappa shape index (κ2) is 8.55. The Balaban J connectivity index is 1.34. The van der Waals surface area contributed by atoms with Crippen molar-refractivity contribution in [2.24, 2.45) is 0 Å². The molecule has 0 spiro atoms. The van der Waals surface area contributed by atoms with E-state index in [2.05, 4.69) is 15.4 Å². The Morgan fingerprint density at radius 3 is 2.58 bits per heavy atom. The quantitative estimate of drug-likeness (QED) is 0.798. The Morgan fingerprint density at radius 1 is 1.19 bits per heavy atom. The Morgan fingerprint density at radius 2 is 1.92 bits per heavy atom. The first-order valence-corrected chi connectivity index (χ1v) is 8.79. The minimum absolute atomic E-state index is 0.109. The number of halogens is 1. The van der Waals surface area contributed by atoms with Crippen molar-refractivity contribution in [3.05, 3.63) is 48.3 Å². The van der Waals surface area contributed by atoms with Gasteiger partial charge < -0.3 is 10.2 Å². The fourth-order valence-electron chi connectivity index (χ4n) is 3.09. The summed E-state index contributed by atoms with van der Waals surface area (Å²) in [5.41, 5.74) is 0.410.